The van der Waals surface area contributed by atoms with Gasteiger partial charge < -0.3 is 5.11 Å². The van der Waals surface area contributed by atoms with E-state index in [9.17, 15) is 4.79 Å². The van der Waals surface area contributed by atoms with Crippen molar-refractivity contribution in [2.75, 3.05) is 5.43 Å². The number of nitrogens with one attached hydrogen (secondary N) is 1. The molecule has 0 aliphatic heterocycles. The molecule has 24 heavy (non-hydrogen) atoms. The van der Waals surface area contributed by atoms with Gasteiger partial charge in [-0.2, -0.15) is 10.2 Å². The Balaban J connectivity index is 1.70. The second kappa shape index (κ2) is 6.74. The number of carboxylic acids is 1. The Morgan fingerprint density at radius 1 is 1.08 bits per heavy atom. The lowest BCUT2D eigenvalue weighted by molar-refractivity contribution is 0.0697. The van der Waals surface area contributed by atoms with Gasteiger partial charge in [-0.05, 0) is 48.9 Å². The van der Waals surface area contributed by atoms with E-state index >= 15 is 0 Å². The number of nitrogens with zero attached hydrogens (tertiary/aromatic N) is 4. The summed E-state index contributed by atoms with van der Waals surface area (Å²) in [4.78, 5) is 14.7. The molecule has 0 amide bonds. The molecule has 0 saturated heterocycles. The molecular weight excluding hydrogens is 306 g/mol. The van der Waals surface area contributed by atoms with E-state index < -0.39 is 5.97 Å². The van der Waals surface area contributed by atoms with E-state index in [-0.39, 0.29) is 5.56 Å². The molecule has 1 aromatic heterocycles. The molecule has 3 rings (SSSR count). The van der Waals surface area contributed by atoms with Gasteiger partial charge in [-0.1, -0.05) is 12.1 Å². The maximum Gasteiger partial charge on any atom is 0.335 e. The van der Waals surface area contributed by atoms with Crippen LogP contribution in [0.1, 0.15) is 22.8 Å². The molecule has 120 valence electrons. The summed E-state index contributed by atoms with van der Waals surface area (Å²) in [6, 6.07) is 14.2. The lowest BCUT2D eigenvalue weighted by Crippen LogP contribution is -2.01. The standard InChI is InChI=1S/C17H15N5O2/c1-12(20-21-15-6-2-14(3-7-15)17(23)24)13-4-8-16(9-5-13)22-11-18-10-19-22/h2-11,21H,1H3,(H,23,24). The molecule has 0 atom stereocenters. The Morgan fingerprint density at radius 2 is 1.75 bits per heavy atom. The molecule has 0 fully saturated rings. The minimum Gasteiger partial charge on any atom is -0.478 e. The van der Waals surface area contributed by atoms with Gasteiger partial charge in [-0.25, -0.2) is 14.5 Å². The van der Waals surface area contributed by atoms with Crippen LogP contribution in [0.15, 0.2) is 66.3 Å². The second-order valence-electron chi connectivity index (χ2n) is 5.08. The zero-order chi connectivity index (χ0) is 16.9. The van der Waals surface area contributed by atoms with Gasteiger partial charge in [0, 0.05) is 0 Å². The third kappa shape index (κ3) is 3.46. The number of carbonyl (C=O) groups is 1. The van der Waals surface area contributed by atoms with Gasteiger partial charge in [-0.3, -0.25) is 5.43 Å². The Kier molecular flexibility index (Phi) is 4.33. The SMILES string of the molecule is CC(=NNc1ccc(C(=O)O)cc1)c1ccc(-n2cncn2)cc1. The van der Waals surface area contributed by atoms with Crippen molar-refractivity contribution in [3.63, 3.8) is 0 Å². The van der Waals surface area contributed by atoms with Crippen LogP contribution in [0.5, 0.6) is 0 Å². The first-order valence-corrected chi connectivity index (χ1v) is 7.22. The minimum absolute atomic E-state index is 0.241. The van der Waals surface area contributed by atoms with Crippen LogP contribution >= 0.6 is 0 Å². The zero-order valence-corrected chi connectivity index (χ0v) is 12.9. The van der Waals surface area contributed by atoms with Gasteiger partial charge in [0.05, 0.1) is 22.6 Å². The Morgan fingerprint density at radius 3 is 2.33 bits per heavy atom. The molecule has 0 unspecified atom stereocenters. The molecular formula is C17H15N5O2. The highest BCUT2D eigenvalue weighted by molar-refractivity contribution is 5.99. The van der Waals surface area contributed by atoms with Gasteiger partial charge >= 0.3 is 5.97 Å². The molecule has 2 N–H and O–H groups in total. The smallest absolute Gasteiger partial charge is 0.335 e. The van der Waals surface area contributed by atoms with Gasteiger partial charge in [0.25, 0.3) is 0 Å². The van der Waals surface area contributed by atoms with Crippen molar-refractivity contribution >= 4 is 17.4 Å². The fourth-order valence-corrected chi connectivity index (χ4v) is 2.10. The van der Waals surface area contributed by atoms with Crippen LogP contribution in [0.3, 0.4) is 0 Å². The van der Waals surface area contributed by atoms with Crippen molar-refractivity contribution in [1.82, 2.24) is 14.8 Å². The largest absolute Gasteiger partial charge is 0.478 e. The molecule has 7 nitrogen and oxygen atoms in total. The molecule has 7 heteroatoms. The lowest BCUT2D eigenvalue weighted by Gasteiger charge is -2.05. The predicted octanol–water partition coefficient (Wildman–Crippen LogP) is 2.80. The molecule has 0 saturated carbocycles. The minimum atomic E-state index is -0.950. The summed E-state index contributed by atoms with van der Waals surface area (Å²) in [5.41, 5.74) is 6.57. The first-order chi connectivity index (χ1) is 11.6. The highest BCUT2D eigenvalue weighted by Gasteiger charge is 2.02. The normalized spacial score (nSPS) is 11.3. The van der Waals surface area contributed by atoms with Crippen molar-refractivity contribution in [2.45, 2.75) is 6.92 Å². The number of rotatable bonds is 5. The van der Waals surface area contributed by atoms with E-state index in [0.29, 0.717) is 0 Å². The lowest BCUT2D eigenvalue weighted by atomic mass is 10.1. The molecule has 2 aromatic carbocycles. The number of aromatic nitrogens is 3. The van der Waals surface area contributed by atoms with Crippen molar-refractivity contribution in [1.29, 1.82) is 0 Å². The summed E-state index contributed by atoms with van der Waals surface area (Å²) >= 11 is 0. The number of hydrazone groups is 1. The van der Waals surface area contributed by atoms with E-state index in [0.717, 1.165) is 22.6 Å². The Bertz CT molecular complexity index is 853. The fraction of sp³-hybridized carbons (Fsp3) is 0.0588. The number of hydrogen-bond acceptors (Lipinski definition) is 5. The van der Waals surface area contributed by atoms with E-state index in [1.807, 2.05) is 31.2 Å². The number of hydrogen-bond donors (Lipinski definition) is 2. The summed E-state index contributed by atoms with van der Waals surface area (Å²) < 4.78 is 1.68. The van der Waals surface area contributed by atoms with E-state index in [4.69, 9.17) is 5.11 Å². The summed E-state index contributed by atoms with van der Waals surface area (Å²) in [5.74, 6) is -0.950. The number of carboxylic acid groups (broad SMARTS) is 1. The quantitative estimate of drug-likeness (QED) is 0.557. The van der Waals surface area contributed by atoms with Crippen molar-refractivity contribution < 1.29 is 9.90 Å². The van der Waals surface area contributed by atoms with Gasteiger partial charge in [0.2, 0.25) is 0 Å². The van der Waals surface area contributed by atoms with Crippen LogP contribution in [0.2, 0.25) is 0 Å². The summed E-state index contributed by atoms with van der Waals surface area (Å²) in [6.45, 7) is 1.89. The zero-order valence-electron chi connectivity index (χ0n) is 12.9. The maximum atomic E-state index is 10.8. The number of anilines is 1. The van der Waals surface area contributed by atoms with E-state index in [1.54, 1.807) is 23.1 Å². The highest BCUT2D eigenvalue weighted by atomic mass is 16.4. The predicted molar refractivity (Wildman–Crippen MR) is 90.6 cm³/mol. The van der Waals surface area contributed by atoms with Gasteiger partial charge in [-0.15, -0.1) is 0 Å². The summed E-state index contributed by atoms with van der Waals surface area (Å²) in [5, 5.41) is 17.3. The first-order valence-electron chi connectivity index (χ1n) is 7.22. The van der Waals surface area contributed by atoms with Crippen molar-refractivity contribution in [3.05, 3.63) is 72.3 Å². The van der Waals surface area contributed by atoms with Crippen molar-refractivity contribution in [3.8, 4) is 5.69 Å². The maximum absolute atomic E-state index is 10.8. The van der Waals surface area contributed by atoms with Crippen molar-refractivity contribution in [2.24, 2.45) is 5.10 Å². The fourth-order valence-electron chi connectivity index (χ4n) is 2.10. The summed E-state index contributed by atoms with van der Waals surface area (Å²) in [6.07, 6.45) is 3.12. The average molecular weight is 321 g/mol. The van der Waals surface area contributed by atoms with Crippen LogP contribution < -0.4 is 5.43 Å². The second-order valence-corrected chi connectivity index (χ2v) is 5.08. The monoisotopic (exact) mass is 321 g/mol. The molecule has 1 heterocycles. The van der Waals surface area contributed by atoms with Gasteiger partial charge in [0.1, 0.15) is 12.7 Å². The van der Waals surface area contributed by atoms with Crippen LogP contribution in [0.4, 0.5) is 5.69 Å². The Labute approximate surface area is 138 Å². The van der Waals surface area contributed by atoms with Gasteiger partial charge in [0.15, 0.2) is 0 Å². The Hall–Kier alpha value is -3.48. The number of benzene rings is 2. The average Bonchev–Trinajstić information content (AvgIpc) is 3.15. The molecule has 3 aromatic rings. The van der Waals surface area contributed by atoms with Crippen LogP contribution in [0, 0.1) is 0 Å². The third-order valence-corrected chi connectivity index (χ3v) is 3.45. The molecule has 0 spiro atoms. The van der Waals surface area contributed by atoms with E-state index in [1.165, 1.54) is 18.5 Å². The highest BCUT2D eigenvalue weighted by Crippen LogP contribution is 2.12. The first kappa shape index (κ1) is 15.4. The summed E-state index contributed by atoms with van der Waals surface area (Å²) in [7, 11) is 0. The molecule has 0 aliphatic rings. The molecule has 0 radical (unpaired) electrons. The molecule has 0 bridgehead atoms. The van der Waals surface area contributed by atoms with E-state index in [2.05, 4.69) is 20.6 Å². The topological polar surface area (TPSA) is 92.4 Å². The van der Waals surface area contributed by atoms with Crippen LogP contribution in [-0.4, -0.2) is 31.6 Å². The van der Waals surface area contributed by atoms with Crippen LogP contribution in [0.25, 0.3) is 5.69 Å². The number of aromatic carboxylic acids is 1. The molecule has 0 aliphatic carbocycles. The third-order valence-electron chi connectivity index (χ3n) is 3.45. The van der Waals surface area contributed by atoms with Crippen LogP contribution in [-0.2, 0) is 0 Å².